The van der Waals surface area contributed by atoms with E-state index in [0.29, 0.717) is 5.52 Å². The first-order chi connectivity index (χ1) is 5.77. The molecule has 2 nitrogen and oxygen atoms in total. The second kappa shape index (κ2) is 3.82. The van der Waals surface area contributed by atoms with Crippen molar-refractivity contribution in [1.82, 2.24) is 4.98 Å². The Bertz CT molecular complexity index is 428. The molecule has 0 saturated heterocycles. The van der Waals surface area contributed by atoms with Crippen LogP contribution in [0, 0.1) is 6.92 Å². The van der Waals surface area contributed by atoms with Crippen molar-refractivity contribution >= 4 is 10.9 Å². The van der Waals surface area contributed by atoms with Crippen molar-refractivity contribution in [3.63, 3.8) is 0 Å². The predicted molar refractivity (Wildman–Crippen MR) is 45.9 cm³/mol. The molecule has 1 aromatic heterocycles. The maximum Gasteiger partial charge on any atom is 1.00 e. The van der Waals surface area contributed by atoms with Crippen LogP contribution in [-0.2, 0) is 0 Å². The van der Waals surface area contributed by atoms with Gasteiger partial charge in [0.1, 0.15) is 0 Å². The Kier molecular flexibility index (Phi) is 2.97. The van der Waals surface area contributed by atoms with Crippen molar-refractivity contribution < 1.29 is 24.0 Å². The Balaban J connectivity index is 0.000000845. The molecule has 2 rings (SSSR count). The van der Waals surface area contributed by atoms with Crippen LogP contribution in [0.2, 0.25) is 0 Å². The largest absolute Gasteiger partial charge is 1.00 e. The summed E-state index contributed by atoms with van der Waals surface area (Å²) in [4.78, 5) is 4.01. The minimum atomic E-state index is 0. The number of aromatic nitrogens is 1. The van der Waals surface area contributed by atoms with Crippen molar-refractivity contribution in [1.29, 1.82) is 0 Å². The normalized spacial score (nSPS) is 9.62. The van der Waals surface area contributed by atoms with Crippen LogP contribution < -0.4 is 24.0 Å². The van der Waals surface area contributed by atoms with Crippen LogP contribution in [0.5, 0.6) is 5.75 Å². The molecule has 0 bridgehead atoms. The minimum absolute atomic E-state index is 0. The van der Waals surface area contributed by atoms with E-state index in [1.54, 1.807) is 12.3 Å². The van der Waals surface area contributed by atoms with Crippen LogP contribution in [0.25, 0.3) is 10.9 Å². The Hall–Kier alpha value is -0.973. The molecule has 0 N–H and O–H groups in total. The van der Waals surface area contributed by atoms with E-state index in [1.807, 2.05) is 25.1 Å². The average Bonchev–Trinajstić information content (AvgIpc) is 2.04. The summed E-state index contributed by atoms with van der Waals surface area (Å²) >= 11 is 0. The number of nitrogens with zero attached hydrogens (tertiary/aromatic N) is 1. The van der Waals surface area contributed by atoms with Crippen molar-refractivity contribution in [2.45, 2.75) is 6.92 Å². The van der Waals surface area contributed by atoms with Gasteiger partial charge in [0.05, 0.1) is 5.52 Å². The molecule has 0 atom stereocenters. The summed E-state index contributed by atoms with van der Waals surface area (Å²) in [6, 6.07) is 7.30. The fourth-order valence-electron chi connectivity index (χ4n) is 1.30. The van der Waals surface area contributed by atoms with Gasteiger partial charge >= 0.3 is 18.9 Å². The molecule has 0 unspecified atom stereocenters. The van der Waals surface area contributed by atoms with Crippen molar-refractivity contribution in [2.75, 3.05) is 0 Å². The summed E-state index contributed by atoms with van der Waals surface area (Å²) in [5.74, 6) is 0.00519. The van der Waals surface area contributed by atoms with E-state index in [4.69, 9.17) is 0 Å². The van der Waals surface area contributed by atoms with Crippen molar-refractivity contribution in [2.24, 2.45) is 0 Å². The number of hydrogen-bond donors (Lipinski definition) is 0. The molecule has 0 aliphatic rings. The first kappa shape index (κ1) is 10.1. The van der Waals surface area contributed by atoms with Gasteiger partial charge in [0, 0.05) is 6.20 Å². The maximum atomic E-state index is 11.3. The van der Waals surface area contributed by atoms with Gasteiger partial charge in [-0.05, 0) is 24.4 Å². The average molecular weight is 165 g/mol. The van der Waals surface area contributed by atoms with Gasteiger partial charge in [-0.2, -0.15) is 0 Å². The van der Waals surface area contributed by atoms with Crippen molar-refractivity contribution in [3.05, 3.63) is 36.0 Å². The molecule has 0 aliphatic carbocycles. The smallest absolute Gasteiger partial charge is 0.871 e. The molecule has 0 fully saturated rings. The van der Waals surface area contributed by atoms with Gasteiger partial charge in [-0.1, -0.05) is 23.4 Å². The Morgan fingerprint density at radius 1 is 1.31 bits per heavy atom. The van der Waals surface area contributed by atoms with E-state index in [0.717, 1.165) is 10.9 Å². The molecule has 2 aromatic rings. The standard InChI is InChI=1S/C10H9NO.Li/c1-7-5-8-3-2-4-11-10(8)9(12)6-7;/h2-6,12H,1H3;/q;+1/p-1. The van der Waals surface area contributed by atoms with E-state index >= 15 is 0 Å². The van der Waals surface area contributed by atoms with E-state index < -0.39 is 0 Å². The van der Waals surface area contributed by atoms with Gasteiger partial charge < -0.3 is 5.11 Å². The zero-order valence-electron chi connectivity index (χ0n) is 7.74. The third kappa shape index (κ3) is 1.85. The number of benzene rings is 1. The molecule has 1 heterocycles. The van der Waals surface area contributed by atoms with Crippen LogP contribution in [0.1, 0.15) is 5.56 Å². The first-order valence-corrected chi connectivity index (χ1v) is 3.80. The molecule has 60 valence electrons. The molecular weight excluding hydrogens is 157 g/mol. The van der Waals surface area contributed by atoms with Crippen LogP contribution in [-0.4, -0.2) is 4.98 Å². The number of pyridine rings is 1. The van der Waals surface area contributed by atoms with Crippen LogP contribution in [0.15, 0.2) is 30.5 Å². The fraction of sp³-hybridized carbons (Fsp3) is 0.100. The number of aryl methyl sites for hydroxylation is 1. The van der Waals surface area contributed by atoms with Crippen molar-refractivity contribution in [3.8, 4) is 5.75 Å². The topological polar surface area (TPSA) is 36.0 Å². The molecule has 0 amide bonds. The number of fused-ring (bicyclic) bond motifs is 1. The summed E-state index contributed by atoms with van der Waals surface area (Å²) in [5, 5.41) is 12.3. The molecule has 0 saturated carbocycles. The molecule has 13 heavy (non-hydrogen) atoms. The number of rotatable bonds is 0. The van der Waals surface area contributed by atoms with Gasteiger partial charge in [-0.25, -0.2) is 0 Å². The summed E-state index contributed by atoms with van der Waals surface area (Å²) in [7, 11) is 0. The SMILES string of the molecule is Cc1cc([O-])c2ncccc2c1.[Li+]. The van der Waals surface area contributed by atoms with Gasteiger partial charge in [0.15, 0.2) is 0 Å². The molecular formula is C10H8LiNO. The zero-order chi connectivity index (χ0) is 8.55. The third-order valence-corrected chi connectivity index (χ3v) is 1.81. The van der Waals surface area contributed by atoms with Crippen LogP contribution >= 0.6 is 0 Å². The third-order valence-electron chi connectivity index (χ3n) is 1.81. The Morgan fingerprint density at radius 3 is 2.85 bits per heavy atom. The Labute approximate surface area is 88.8 Å². The van der Waals surface area contributed by atoms with Gasteiger partial charge in [0.25, 0.3) is 0 Å². The van der Waals surface area contributed by atoms with Crippen LogP contribution in [0.3, 0.4) is 0 Å². The minimum Gasteiger partial charge on any atom is -0.871 e. The van der Waals surface area contributed by atoms with E-state index in [-0.39, 0.29) is 24.6 Å². The summed E-state index contributed by atoms with van der Waals surface area (Å²) < 4.78 is 0. The van der Waals surface area contributed by atoms with E-state index in [1.165, 1.54) is 0 Å². The van der Waals surface area contributed by atoms with Gasteiger partial charge in [0.2, 0.25) is 0 Å². The van der Waals surface area contributed by atoms with Gasteiger partial charge in [-0.15, -0.1) is 0 Å². The summed E-state index contributed by atoms with van der Waals surface area (Å²) in [6.07, 6.45) is 1.64. The summed E-state index contributed by atoms with van der Waals surface area (Å²) in [6.45, 7) is 1.91. The summed E-state index contributed by atoms with van der Waals surface area (Å²) in [5.41, 5.74) is 1.55. The van der Waals surface area contributed by atoms with E-state index in [9.17, 15) is 5.11 Å². The molecule has 3 heteroatoms. The second-order valence-electron chi connectivity index (χ2n) is 2.84. The maximum absolute atomic E-state index is 11.3. The predicted octanol–water partition coefficient (Wildman–Crippen LogP) is -1.38. The monoisotopic (exact) mass is 165 g/mol. The molecule has 0 radical (unpaired) electrons. The molecule has 1 aromatic carbocycles. The fourth-order valence-corrected chi connectivity index (χ4v) is 1.30. The van der Waals surface area contributed by atoms with Crippen LogP contribution in [0.4, 0.5) is 0 Å². The quantitative estimate of drug-likeness (QED) is 0.451. The van der Waals surface area contributed by atoms with Gasteiger partial charge in [-0.3, -0.25) is 4.98 Å². The number of hydrogen-bond acceptors (Lipinski definition) is 2. The van der Waals surface area contributed by atoms with E-state index in [2.05, 4.69) is 4.98 Å². The zero-order valence-corrected chi connectivity index (χ0v) is 7.74. The Morgan fingerprint density at radius 2 is 2.08 bits per heavy atom. The molecule has 0 aliphatic heterocycles. The molecule has 0 spiro atoms. The second-order valence-corrected chi connectivity index (χ2v) is 2.84. The first-order valence-electron chi connectivity index (χ1n) is 3.80.